The predicted octanol–water partition coefficient (Wildman–Crippen LogP) is 2.06. The van der Waals surface area contributed by atoms with E-state index in [-0.39, 0.29) is 18.8 Å². The van der Waals surface area contributed by atoms with Gasteiger partial charge >= 0.3 is 0 Å². The molecule has 1 aromatic carbocycles. The van der Waals surface area contributed by atoms with Crippen LogP contribution in [-0.2, 0) is 14.8 Å². The molecule has 1 aliphatic heterocycles. The fourth-order valence-corrected chi connectivity index (χ4v) is 4.21. The normalized spacial score (nSPS) is 20.7. The summed E-state index contributed by atoms with van der Waals surface area (Å²) in [5.41, 5.74) is -1.83. The molecule has 1 fully saturated rings. The Morgan fingerprint density at radius 3 is 2.46 bits per heavy atom. The fourth-order valence-electron chi connectivity index (χ4n) is 3.04. The van der Waals surface area contributed by atoms with Crippen molar-refractivity contribution in [1.29, 1.82) is 0 Å². The molecule has 2 amide bonds. The van der Waals surface area contributed by atoms with Crippen LogP contribution in [0, 0.1) is 17.0 Å². The van der Waals surface area contributed by atoms with Crippen LogP contribution in [0.25, 0.3) is 0 Å². The van der Waals surface area contributed by atoms with Crippen LogP contribution in [0.5, 0.6) is 0 Å². The van der Waals surface area contributed by atoms with E-state index >= 15 is 0 Å². The second-order valence-electron chi connectivity index (χ2n) is 6.74. The van der Waals surface area contributed by atoms with Crippen molar-refractivity contribution in [2.45, 2.75) is 33.1 Å². The average molecular weight is 388 g/mol. The third-order valence-electron chi connectivity index (χ3n) is 4.43. The van der Waals surface area contributed by atoms with E-state index < -0.39 is 44.5 Å². The SMILES string of the molecule is CCCS(=O)(=O)NC(=O)C1(C)CCCN(C(=O)c2c(F)cccc2F)C1. The number of sulfonamides is 1. The Morgan fingerprint density at radius 2 is 1.88 bits per heavy atom. The summed E-state index contributed by atoms with van der Waals surface area (Å²) in [6.07, 6.45) is 1.14. The number of halogens is 2. The Hall–Kier alpha value is -2.03. The molecule has 0 bridgehead atoms. The van der Waals surface area contributed by atoms with Crippen molar-refractivity contribution in [3.05, 3.63) is 35.4 Å². The van der Waals surface area contributed by atoms with Crippen LogP contribution in [0.15, 0.2) is 18.2 Å². The highest BCUT2D eigenvalue weighted by Gasteiger charge is 2.41. The molecule has 6 nitrogen and oxygen atoms in total. The summed E-state index contributed by atoms with van der Waals surface area (Å²) in [4.78, 5) is 26.2. The largest absolute Gasteiger partial charge is 0.337 e. The fraction of sp³-hybridized carbons (Fsp3) is 0.529. The van der Waals surface area contributed by atoms with Crippen molar-refractivity contribution in [3.63, 3.8) is 0 Å². The van der Waals surface area contributed by atoms with Gasteiger partial charge in [0.15, 0.2) is 0 Å². The lowest BCUT2D eigenvalue weighted by Crippen LogP contribution is -2.53. The van der Waals surface area contributed by atoms with Crippen molar-refractivity contribution in [1.82, 2.24) is 9.62 Å². The first-order valence-electron chi connectivity index (χ1n) is 8.38. The van der Waals surface area contributed by atoms with Crippen molar-refractivity contribution >= 4 is 21.8 Å². The third-order valence-corrected chi connectivity index (χ3v) is 5.87. The highest BCUT2D eigenvalue weighted by molar-refractivity contribution is 7.90. The van der Waals surface area contributed by atoms with E-state index in [9.17, 15) is 26.8 Å². The van der Waals surface area contributed by atoms with Crippen molar-refractivity contribution < 1.29 is 26.8 Å². The van der Waals surface area contributed by atoms with Gasteiger partial charge in [-0.15, -0.1) is 0 Å². The average Bonchev–Trinajstić information content (AvgIpc) is 2.54. The van der Waals surface area contributed by atoms with Gasteiger partial charge in [-0.1, -0.05) is 13.0 Å². The van der Waals surface area contributed by atoms with E-state index in [0.717, 1.165) is 18.2 Å². The zero-order chi connectivity index (χ0) is 19.5. The highest BCUT2D eigenvalue weighted by atomic mass is 32.2. The lowest BCUT2D eigenvalue weighted by Gasteiger charge is -2.39. The molecule has 1 saturated heterocycles. The molecule has 0 spiro atoms. The number of nitrogens with one attached hydrogen (secondary N) is 1. The van der Waals surface area contributed by atoms with E-state index in [0.29, 0.717) is 19.3 Å². The van der Waals surface area contributed by atoms with E-state index in [1.165, 1.54) is 4.90 Å². The Balaban J connectivity index is 2.20. The monoisotopic (exact) mass is 388 g/mol. The van der Waals surface area contributed by atoms with Crippen LogP contribution >= 0.6 is 0 Å². The number of amides is 2. The number of carbonyl (C=O) groups excluding carboxylic acids is 2. The maximum atomic E-state index is 13.9. The quantitative estimate of drug-likeness (QED) is 0.837. The van der Waals surface area contributed by atoms with Gasteiger partial charge in [-0.2, -0.15) is 0 Å². The highest BCUT2D eigenvalue weighted by Crippen LogP contribution is 2.31. The number of benzene rings is 1. The van der Waals surface area contributed by atoms with Crippen LogP contribution in [0.1, 0.15) is 43.5 Å². The molecule has 1 aromatic rings. The number of carbonyl (C=O) groups is 2. The predicted molar refractivity (Wildman–Crippen MR) is 91.8 cm³/mol. The summed E-state index contributed by atoms with van der Waals surface area (Å²) in [7, 11) is -3.74. The molecular formula is C17H22F2N2O4S. The number of piperidine rings is 1. The van der Waals surface area contributed by atoms with E-state index in [1.807, 2.05) is 4.72 Å². The van der Waals surface area contributed by atoms with Crippen LogP contribution in [-0.4, -0.2) is 44.0 Å². The standard InChI is InChI=1S/C17H22F2N2O4S/c1-3-10-26(24,25)20-16(23)17(2)8-5-9-21(11-17)15(22)14-12(18)6-4-7-13(14)19/h4,6-7H,3,5,8-11H2,1-2H3,(H,20,23). The summed E-state index contributed by atoms with van der Waals surface area (Å²) in [5, 5.41) is 0. The Bertz CT molecular complexity index is 793. The first kappa shape index (κ1) is 20.3. The first-order valence-corrected chi connectivity index (χ1v) is 10.0. The number of likely N-dealkylation sites (tertiary alicyclic amines) is 1. The maximum absolute atomic E-state index is 13.9. The minimum Gasteiger partial charge on any atom is -0.337 e. The smallest absolute Gasteiger partial charge is 0.259 e. The van der Waals surface area contributed by atoms with Crippen LogP contribution in [0.2, 0.25) is 0 Å². The second kappa shape index (κ2) is 7.69. The molecule has 0 aliphatic carbocycles. The van der Waals surface area contributed by atoms with Gasteiger partial charge < -0.3 is 4.90 Å². The topological polar surface area (TPSA) is 83.6 Å². The second-order valence-corrected chi connectivity index (χ2v) is 8.58. The molecule has 2 rings (SSSR count). The van der Waals surface area contributed by atoms with Gasteiger partial charge in [-0.25, -0.2) is 17.2 Å². The molecule has 144 valence electrons. The first-order chi connectivity index (χ1) is 12.1. The number of hydrogen-bond donors (Lipinski definition) is 1. The van der Waals surface area contributed by atoms with Gasteiger partial charge in [-0.05, 0) is 38.3 Å². The lowest BCUT2D eigenvalue weighted by molar-refractivity contribution is -0.130. The number of rotatable bonds is 5. The lowest BCUT2D eigenvalue weighted by atomic mass is 9.81. The van der Waals surface area contributed by atoms with Gasteiger partial charge in [0.25, 0.3) is 5.91 Å². The molecule has 1 atom stereocenters. The molecule has 1 unspecified atom stereocenters. The molecule has 0 saturated carbocycles. The van der Waals surface area contributed by atoms with Gasteiger partial charge in [0.2, 0.25) is 15.9 Å². The Kier molecular flexibility index (Phi) is 6.00. The Labute approximate surface area is 151 Å². The van der Waals surface area contributed by atoms with E-state index in [2.05, 4.69) is 0 Å². The van der Waals surface area contributed by atoms with Crippen LogP contribution < -0.4 is 4.72 Å². The summed E-state index contributed by atoms with van der Waals surface area (Å²) in [6, 6.07) is 3.14. The van der Waals surface area contributed by atoms with Crippen LogP contribution in [0.4, 0.5) is 8.78 Å². The zero-order valence-corrected chi connectivity index (χ0v) is 15.5. The Morgan fingerprint density at radius 1 is 1.27 bits per heavy atom. The van der Waals surface area contributed by atoms with Gasteiger partial charge in [0, 0.05) is 13.1 Å². The molecule has 0 radical (unpaired) electrons. The molecule has 26 heavy (non-hydrogen) atoms. The van der Waals surface area contributed by atoms with E-state index in [1.54, 1.807) is 13.8 Å². The number of hydrogen-bond acceptors (Lipinski definition) is 4. The molecule has 1 aliphatic rings. The van der Waals surface area contributed by atoms with Crippen LogP contribution in [0.3, 0.4) is 0 Å². The van der Waals surface area contributed by atoms with Crippen molar-refractivity contribution in [2.75, 3.05) is 18.8 Å². The van der Waals surface area contributed by atoms with Gasteiger partial charge in [0.1, 0.15) is 17.2 Å². The molecule has 1 heterocycles. The number of nitrogens with zero attached hydrogens (tertiary/aromatic N) is 1. The van der Waals surface area contributed by atoms with Gasteiger partial charge in [0.05, 0.1) is 11.2 Å². The zero-order valence-electron chi connectivity index (χ0n) is 14.7. The maximum Gasteiger partial charge on any atom is 0.259 e. The van der Waals surface area contributed by atoms with Crippen molar-refractivity contribution in [3.8, 4) is 0 Å². The summed E-state index contributed by atoms with van der Waals surface area (Å²) < 4.78 is 53.5. The summed E-state index contributed by atoms with van der Waals surface area (Å²) in [5.74, 6) is -3.69. The van der Waals surface area contributed by atoms with Gasteiger partial charge in [-0.3, -0.25) is 14.3 Å². The summed E-state index contributed by atoms with van der Waals surface area (Å²) in [6.45, 7) is 3.33. The molecule has 1 N–H and O–H groups in total. The summed E-state index contributed by atoms with van der Waals surface area (Å²) >= 11 is 0. The third kappa shape index (κ3) is 4.38. The minimum atomic E-state index is -3.74. The molecule has 0 aromatic heterocycles. The van der Waals surface area contributed by atoms with E-state index in [4.69, 9.17) is 0 Å². The van der Waals surface area contributed by atoms with Crippen molar-refractivity contribution in [2.24, 2.45) is 5.41 Å². The molecular weight excluding hydrogens is 366 g/mol. The minimum absolute atomic E-state index is 0.118. The molecule has 9 heteroatoms.